The fraction of sp³-hybridized carbons (Fsp3) is 0.474. The molecular weight excluding hydrogens is 354 g/mol. The molecule has 136 valence electrons. The van der Waals surface area contributed by atoms with Crippen molar-refractivity contribution in [1.29, 1.82) is 0 Å². The van der Waals surface area contributed by atoms with Crippen LogP contribution in [0.1, 0.15) is 33.6 Å². The predicted molar refractivity (Wildman–Crippen MR) is 107 cm³/mol. The van der Waals surface area contributed by atoms with Gasteiger partial charge in [0, 0.05) is 35.4 Å². The summed E-state index contributed by atoms with van der Waals surface area (Å²) < 4.78 is 0. The number of benzene rings is 1. The highest BCUT2D eigenvalue weighted by atomic mass is 35.5. The average Bonchev–Trinajstić information content (AvgIpc) is 3.11. The van der Waals surface area contributed by atoms with Crippen LogP contribution in [0, 0.1) is 0 Å². The summed E-state index contributed by atoms with van der Waals surface area (Å²) in [5.74, 6) is 0.131. The lowest BCUT2D eigenvalue weighted by Crippen LogP contribution is -3.11. The number of quaternary nitrogens is 1. The number of hydrogen-bond acceptors (Lipinski definition) is 3. The highest BCUT2D eigenvalue weighted by molar-refractivity contribution is 7.14. The molecule has 0 aliphatic rings. The number of nitrogens with one attached hydrogen (secondary N) is 1. The molecule has 0 saturated heterocycles. The van der Waals surface area contributed by atoms with Crippen molar-refractivity contribution >= 4 is 34.0 Å². The lowest BCUT2D eigenvalue weighted by molar-refractivity contribution is -0.896. The molecule has 0 fully saturated rings. The number of carbonyl (C=O) groups is 1. The second-order valence-electron chi connectivity index (χ2n) is 5.98. The van der Waals surface area contributed by atoms with Crippen LogP contribution in [0.2, 0.25) is 5.02 Å². The van der Waals surface area contributed by atoms with E-state index in [9.17, 15) is 4.79 Å². The van der Waals surface area contributed by atoms with Crippen LogP contribution in [0.3, 0.4) is 0 Å². The number of nitrogens with zero attached hydrogens (tertiary/aromatic N) is 2. The molecule has 1 aromatic carbocycles. The van der Waals surface area contributed by atoms with Crippen molar-refractivity contribution in [2.75, 3.05) is 31.1 Å². The molecule has 0 saturated carbocycles. The second kappa shape index (κ2) is 9.90. The molecule has 1 heterocycles. The summed E-state index contributed by atoms with van der Waals surface area (Å²) in [5, 5.41) is 3.50. The number of carbonyl (C=O) groups excluding carboxylic acids is 1. The third-order valence-electron chi connectivity index (χ3n) is 4.38. The maximum absolute atomic E-state index is 12.4. The number of rotatable bonds is 9. The third-order valence-corrected chi connectivity index (χ3v) is 5.49. The number of hydrogen-bond donors (Lipinski definition) is 1. The smallest absolute Gasteiger partial charge is 0.228 e. The van der Waals surface area contributed by atoms with Crippen molar-refractivity contribution in [1.82, 2.24) is 4.98 Å². The number of aromatic nitrogens is 1. The van der Waals surface area contributed by atoms with Crippen LogP contribution in [-0.2, 0) is 4.79 Å². The number of thiazole rings is 1. The Balaban J connectivity index is 2.10. The van der Waals surface area contributed by atoms with E-state index in [1.165, 1.54) is 11.3 Å². The zero-order valence-corrected chi connectivity index (χ0v) is 16.8. The van der Waals surface area contributed by atoms with Crippen LogP contribution < -0.4 is 9.80 Å². The van der Waals surface area contributed by atoms with Gasteiger partial charge in [-0.15, -0.1) is 11.3 Å². The molecule has 0 bridgehead atoms. The van der Waals surface area contributed by atoms with E-state index in [-0.39, 0.29) is 5.91 Å². The van der Waals surface area contributed by atoms with Gasteiger partial charge >= 0.3 is 0 Å². The normalized spacial score (nSPS) is 11.1. The highest BCUT2D eigenvalue weighted by Gasteiger charge is 2.18. The van der Waals surface area contributed by atoms with Gasteiger partial charge in [-0.25, -0.2) is 4.98 Å². The first-order valence-corrected chi connectivity index (χ1v) is 10.2. The Morgan fingerprint density at radius 3 is 2.48 bits per heavy atom. The minimum atomic E-state index is 0.131. The zero-order chi connectivity index (χ0) is 18.2. The molecule has 0 atom stereocenters. The summed E-state index contributed by atoms with van der Waals surface area (Å²) in [6.07, 6.45) is 1.48. The molecule has 4 nitrogen and oxygen atoms in total. The Morgan fingerprint density at radius 1 is 1.20 bits per heavy atom. The van der Waals surface area contributed by atoms with Crippen LogP contribution in [0.15, 0.2) is 29.6 Å². The highest BCUT2D eigenvalue weighted by Crippen LogP contribution is 2.28. The Hall–Kier alpha value is -1.43. The van der Waals surface area contributed by atoms with Crippen molar-refractivity contribution < 1.29 is 9.69 Å². The van der Waals surface area contributed by atoms with Gasteiger partial charge in [-0.05, 0) is 26.0 Å². The van der Waals surface area contributed by atoms with E-state index in [0.717, 1.165) is 49.0 Å². The number of amides is 1. The molecule has 25 heavy (non-hydrogen) atoms. The minimum Gasteiger partial charge on any atom is -0.335 e. The minimum absolute atomic E-state index is 0.131. The summed E-state index contributed by atoms with van der Waals surface area (Å²) >= 11 is 7.47. The topological polar surface area (TPSA) is 37.6 Å². The molecule has 0 spiro atoms. The van der Waals surface area contributed by atoms with Crippen LogP contribution in [0.25, 0.3) is 11.3 Å². The standard InChI is InChI=1S/C19H26ClN3OS/c1-4-18(24)23(13-7-12-22(5-2)6-3)19-21-17(14-25-19)15-8-10-16(20)11-9-15/h8-11,14H,4-7,12-13H2,1-3H3/p+1. The molecule has 0 radical (unpaired) electrons. The van der Waals surface area contributed by atoms with Crippen molar-refractivity contribution in [2.45, 2.75) is 33.6 Å². The van der Waals surface area contributed by atoms with Gasteiger partial charge in [0.2, 0.25) is 5.91 Å². The third kappa shape index (κ3) is 5.53. The Morgan fingerprint density at radius 2 is 1.88 bits per heavy atom. The van der Waals surface area contributed by atoms with Gasteiger partial charge in [0.1, 0.15) is 0 Å². The first kappa shape index (κ1) is 19.9. The largest absolute Gasteiger partial charge is 0.335 e. The summed E-state index contributed by atoms with van der Waals surface area (Å²) in [6, 6.07) is 7.63. The van der Waals surface area contributed by atoms with Crippen molar-refractivity contribution in [3.05, 3.63) is 34.7 Å². The first-order valence-electron chi connectivity index (χ1n) is 8.94. The molecule has 1 aromatic heterocycles. The Kier molecular flexibility index (Phi) is 7.88. The molecule has 2 rings (SSSR count). The fourth-order valence-corrected chi connectivity index (χ4v) is 3.75. The van der Waals surface area contributed by atoms with Gasteiger partial charge < -0.3 is 4.90 Å². The van der Waals surface area contributed by atoms with Crippen LogP contribution in [0.4, 0.5) is 5.13 Å². The van der Waals surface area contributed by atoms with E-state index in [0.29, 0.717) is 11.4 Å². The molecular formula is C19H27ClN3OS+. The molecule has 0 aliphatic carbocycles. The molecule has 1 amide bonds. The van der Waals surface area contributed by atoms with Crippen molar-refractivity contribution in [3.63, 3.8) is 0 Å². The van der Waals surface area contributed by atoms with Gasteiger partial charge in [0.15, 0.2) is 5.13 Å². The molecule has 2 aromatic rings. The monoisotopic (exact) mass is 380 g/mol. The van der Waals surface area contributed by atoms with Crippen LogP contribution >= 0.6 is 22.9 Å². The number of halogens is 1. The van der Waals surface area contributed by atoms with E-state index < -0.39 is 0 Å². The molecule has 6 heteroatoms. The maximum Gasteiger partial charge on any atom is 0.228 e. The van der Waals surface area contributed by atoms with Gasteiger partial charge in [-0.1, -0.05) is 30.7 Å². The van der Waals surface area contributed by atoms with Crippen molar-refractivity contribution in [3.8, 4) is 11.3 Å². The summed E-state index contributed by atoms with van der Waals surface area (Å²) in [5.41, 5.74) is 1.91. The number of anilines is 1. The SMILES string of the molecule is CCC(=O)N(CCC[NH+](CC)CC)c1nc(-c2ccc(Cl)cc2)cs1. The van der Waals surface area contributed by atoms with Gasteiger partial charge in [0.05, 0.1) is 25.3 Å². The van der Waals surface area contributed by atoms with Crippen molar-refractivity contribution in [2.24, 2.45) is 0 Å². The quantitative estimate of drug-likeness (QED) is 0.722. The Labute approximate surface area is 159 Å². The van der Waals surface area contributed by atoms with E-state index in [1.807, 2.05) is 41.5 Å². The second-order valence-corrected chi connectivity index (χ2v) is 7.25. The van der Waals surface area contributed by atoms with E-state index in [2.05, 4.69) is 13.8 Å². The van der Waals surface area contributed by atoms with Gasteiger partial charge in [-0.3, -0.25) is 9.69 Å². The summed E-state index contributed by atoms with van der Waals surface area (Å²) in [6.45, 7) is 10.4. The van der Waals surface area contributed by atoms with Gasteiger partial charge in [0.25, 0.3) is 0 Å². The van der Waals surface area contributed by atoms with E-state index in [1.54, 1.807) is 4.90 Å². The molecule has 0 unspecified atom stereocenters. The lowest BCUT2D eigenvalue weighted by atomic mass is 10.2. The lowest BCUT2D eigenvalue weighted by Gasteiger charge is -2.21. The van der Waals surface area contributed by atoms with Crippen LogP contribution in [-0.4, -0.2) is 37.1 Å². The predicted octanol–water partition coefficient (Wildman–Crippen LogP) is 3.52. The first-order chi connectivity index (χ1) is 12.1. The van der Waals surface area contributed by atoms with Gasteiger partial charge in [-0.2, -0.15) is 0 Å². The maximum atomic E-state index is 12.4. The van der Waals surface area contributed by atoms with E-state index >= 15 is 0 Å². The zero-order valence-electron chi connectivity index (χ0n) is 15.2. The summed E-state index contributed by atoms with van der Waals surface area (Å²) in [4.78, 5) is 20.5. The summed E-state index contributed by atoms with van der Waals surface area (Å²) in [7, 11) is 0. The van der Waals surface area contributed by atoms with Crippen LogP contribution in [0.5, 0.6) is 0 Å². The Bertz CT molecular complexity index is 668. The molecule has 1 N–H and O–H groups in total. The van der Waals surface area contributed by atoms with E-state index in [4.69, 9.17) is 16.6 Å². The fourth-order valence-electron chi connectivity index (χ4n) is 2.75. The average molecular weight is 381 g/mol. The molecule has 0 aliphatic heterocycles.